The fraction of sp³-hybridized carbons (Fsp3) is 0.222. The number of para-hydroxylation sites is 1. The normalized spacial score (nSPS) is 15.5. The van der Waals surface area contributed by atoms with Gasteiger partial charge in [-0.2, -0.15) is 0 Å². The van der Waals surface area contributed by atoms with E-state index >= 15 is 0 Å². The second-order valence-corrected chi connectivity index (χ2v) is 10.2. The summed E-state index contributed by atoms with van der Waals surface area (Å²) in [7, 11) is 3.09. The van der Waals surface area contributed by atoms with Gasteiger partial charge < -0.3 is 19.2 Å². The predicted octanol–water partition coefficient (Wildman–Crippen LogP) is 4.06. The molecule has 8 nitrogen and oxygen atoms in total. The molecular weight excluding hydrogens is 558 g/mol. The molecule has 190 valence electrons. The van der Waals surface area contributed by atoms with E-state index in [0.29, 0.717) is 36.6 Å². The summed E-state index contributed by atoms with van der Waals surface area (Å²) < 4.78 is 19.2. The van der Waals surface area contributed by atoms with Gasteiger partial charge in [0.25, 0.3) is 5.56 Å². The van der Waals surface area contributed by atoms with Gasteiger partial charge in [-0.25, -0.2) is 9.79 Å². The summed E-state index contributed by atoms with van der Waals surface area (Å²) in [5, 5.41) is 1.01. The SMILES string of the molecule is CCOC(=O)C1=C(C)N=c2s/c(=C/c3c[nH]c4ccccc34)c(=O)n2[C@H]1c1cc(Br)c(OC)cc1OC. The van der Waals surface area contributed by atoms with E-state index in [1.165, 1.54) is 18.4 Å². The van der Waals surface area contributed by atoms with E-state index in [9.17, 15) is 9.59 Å². The number of nitrogens with zero attached hydrogens (tertiary/aromatic N) is 2. The third-order valence-electron chi connectivity index (χ3n) is 6.22. The standard InChI is InChI=1S/C27H24BrN3O5S/c1-5-36-26(33)23-14(2)30-27-31(24(23)17-11-18(28)21(35-4)12-20(17)34-3)25(32)22(37-27)10-15-13-29-19-9-7-6-8-16(15)19/h6-13,24,29H,5H2,1-4H3/b22-10+/t24-/m0/s1. The number of benzene rings is 2. The van der Waals surface area contributed by atoms with Crippen molar-refractivity contribution in [2.75, 3.05) is 20.8 Å². The molecule has 4 aromatic rings. The zero-order valence-electron chi connectivity index (χ0n) is 20.6. The topological polar surface area (TPSA) is 94.9 Å². The van der Waals surface area contributed by atoms with Crippen LogP contribution >= 0.6 is 27.3 Å². The van der Waals surface area contributed by atoms with E-state index in [0.717, 1.165) is 16.5 Å². The number of carbonyl (C=O) groups excluding carboxylic acids is 1. The number of nitrogens with one attached hydrogen (secondary N) is 1. The van der Waals surface area contributed by atoms with Crippen molar-refractivity contribution in [3.63, 3.8) is 0 Å². The average Bonchev–Trinajstić information content (AvgIpc) is 3.43. The Morgan fingerprint density at radius 1 is 1.22 bits per heavy atom. The molecule has 10 heteroatoms. The molecule has 1 N–H and O–H groups in total. The molecule has 0 bridgehead atoms. The number of allylic oxidation sites excluding steroid dienone is 1. The number of H-pyrrole nitrogens is 1. The van der Waals surface area contributed by atoms with E-state index in [2.05, 4.69) is 25.9 Å². The molecule has 5 rings (SSSR count). The van der Waals surface area contributed by atoms with Gasteiger partial charge in [-0.15, -0.1) is 0 Å². The van der Waals surface area contributed by atoms with Crippen molar-refractivity contribution in [2.45, 2.75) is 19.9 Å². The Hall–Kier alpha value is -3.63. The quantitative estimate of drug-likeness (QED) is 0.346. The number of esters is 1. The highest BCUT2D eigenvalue weighted by molar-refractivity contribution is 9.10. The molecule has 0 radical (unpaired) electrons. The number of fused-ring (bicyclic) bond motifs is 2. The molecule has 0 amide bonds. The first kappa shape index (κ1) is 25.0. The lowest BCUT2D eigenvalue weighted by Crippen LogP contribution is -2.40. The predicted molar refractivity (Wildman–Crippen MR) is 146 cm³/mol. The fourth-order valence-corrected chi connectivity index (χ4v) is 6.10. The lowest BCUT2D eigenvalue weighted by Gasteiger charge is -2.26. The number of aromatic amines is 1. The minimum atomic E-state index is -0.808. The third-order valence-corrected chi connectivity index (χ3v) is 7.83. The van der Waals surface area contributed by atoms with E-state index < -0.39 is 12.0 Å². The number of thiazole rings is 1. The van der Waals surface area contributed by atoms with Crippen LogP contribution in [0.1, 0.15) is 31.0 Å². The molecule has 0 aliphatic carbocycles. The molecule has 2 aromatic carbocycles. The Balaban J connectivity index is 1.79. The van der Waals surface area contributed by atoms with Crippen LogP contribution < -0.4 is 24.4 Å². The highest BCUT2D eigenvalue weighted by Gasteiger charge is 2.35. The van der Waals surface area contributed by atoms with Crippen LogP contribution in [0, 0.1) is 0 Å². The zero-order valence-corrected chi connectivity index (χ0v) is 23.0. The maximum Gasteiger partial charge on any atom is 0.338 e. The van der Waals surface area contributed by atoms with Gasteiger partial charge in [0.1, 0.15) is 17.5 Å². The molecule has 3 heterocycles. The summed E-state index contributed by atoms with van der Waals surface area (Å²) in [5.74, 6) is 0.493. The van der Waals surface area contributed by atoms with Crippen LogP contribution in [0.15, 0.2) is 68.1 Å². The van der Waals surface area contributed by atoms with Crippen LogP contribution in [0.4, 0.5) is 0 Å². The minimum Gasteiger partial charge on any atom is -0.496 e. The van der Waals surface area contributed by atoms with Crippen LogP contribution in [0.5, 0.6) is 11.5 Å². The highest BCUT2D eigenvalue weighted by atomic mass is 79.9. The zero-order chi connectivity index (χ0) is 26.3. The highest BCUT2D eigenvalue weighted by Crippen LogP contribution is 2.41. The van der Waals surface area contributed by atoms with Gasteiger partial charge >= 0.3 is 5.97 Å². The summed E-state index contributed by atoms with van der Waals surface area (Å²) in [4.78, 5) is 35.5. The number of rotatable bonds is 6. The third kappa shape index (κ3) is 4.30. The van der Waals surface area contributed by atoms with E-state index in [-0.39, 0.29) is 17.7 Å². The Morgan fingerprint density at radius 2 is 1.97 bits per heavy atom. The van der Waals surface area contributed by atoms with Crippen molar-refractivity contribution in [2.24, 2.45) is 4.99 Å². The van der Waals surface area contributed by atoms with Crippen molar-refractivity contribution >= 4 is 50.2 Å². The average molecular weight is 582 g/mol. The van der Waals surface area contributed by atoms with Gasteiger partial charge in [0, 0.05) is 34.3 Å². The largest absolute Gasteiger partial charge is 0.496 e. The monoisotopic (exact) mass is 581 g/mol. The lowest BCUT2D eigenvalue weighted by atomic mass is 9.95. The Bertz CT molecular complexity index is 1750. The van der Waals surface area contributed by atoms with E-state index in [1.807, 2.05) is 36.5 Å². The second kappa shape index (κ2) is 10.0. The van der Waals surface area contributed by atoms with Gasteiger partial charge in [0.15, 0.2) is 4.80 Å². The van der Waals surface area contributed by atoms with E-state index in [1.54, 1.807) is 37.7 Å². The van der Waals surface area contributed by atoms with Gasteiger partial charge in [-0.1, -0.05) is 29.5 Å². The van der Waals surface area contributed by atoms with Gasteiger partial charge in [-0.3, -0.25) is 9.36 Å². The van der Waals surface area contributed by atoms with Crippen LogP contribution in [0.25, 0.3) is 17.0 Å². The Labute approximate surface area is 224 Å². The van der Waals surface area contributed by atoms with Gasteiger partial charge in [0.05, 0.1) is 41.1 Å². The molecule has 0 saturated carbocycles. The Morgan fingerprint density at radius 3 is 2.70 bits per heavy atom. The lowest BCUT2D eigenvalue weighted by molar-refractivity contribution is -0.139. The molecule has 0 fully saturated rings. The number of halogens is 1. The number of hydrogen-bond acceptors (Lipinski definition) is 7. The van der Waals surface area contributed by atoms with Crippen LogP contribution in [0.3, 0.4) is 0 Å². The summed E-state index contributed by atoms with van der Waals surface area (Å²) >= 11 is 4.81. The number of methoxy groups -OCH3 is 2. The summed E-state index contributed by atoms with van der Waals surface area (Å²) in [6.45, 7) is 3.68. The molecule has 0 saturated heterocycles. The second-order valence-electron chi connectivity index (χ2n) is 8.32. The first-order valence-corrected chi connectivity index (χ1v) is 13.2. The molecular formula is C27H24BrN3O5S. The van der Waals surface area contributed by atoms with Crippen LogP contribution in [-0.2, 0) is 9.53 Å². The number of carbonyl (C=O) groups is 1. The van der Waals surface area contributed by atoms with Crippen molar-refractivity contribution < 1.29 is 19.0 Å². The smallest absolute Gasteiger partial charge is 0.338 e. The summed E-state index contributed by atoms with van der Waals surface area (Å²) in [5.41, 5.74) is 2.98. The number of aromatic nitrogens is 2. The molecule has 0 unspecified atom stereocenters. The minimum absolute atomic E-state index is 0.191. The maximum absolute atomic E-state index is 13.9. The van der Waals surface area contributed by atoms with Gasteiger partial charge in [0.2, 0.25) is 0 Å². The van der Waals surface area contributed by atoms with Crippen LogP contribution in [0.2, 0.25) is 0 Å². The van der Waals surface area contributed by atoms with Crippen LogP contribution in [-0.4, -0.2) is 36.3 Å². The van der Waals surface area contributed by atoms with Crippen molar-refractivity contribution in [1.29, 1.82) is 0 Å². The van der Waals surface area contributed by atoms with Crippen molar-refractivity contribution in [3.05, 3.63) is 89.2 Å². The molecule has 1 aliphatic heterocycles. The van der Waals surface area contributed by atoms with E-state index in [4.69, 9.17) is 14.2 Å². The molecule has 1 atom stereocenters. The molecule has 0 spiro atoms. The molecule has 1 aliphatic rings. The number of hydrogen-bond donors (Lipinski definition) is 1. The summed E-state index contributed by atoms with van der Waals surface area (Å²) in [6.07, 6.45) is 3.73. The first-order valence-electron chi connectivity index (χ1n) is 11.5. The van der Waals surface area contributed by atoms with Crippen molar-refractivity contribution in [3.8, 4) is 11.5 Å². The fourth-order valence-electron chi connectivity index (χ4n) is 4.54. The van der Waals surface area contributed by atoms with Crippen molar-refractivity contribution in [1.82, 2.24) is 9.55 Å². The Kier molecular flexibility index (Phi) is 6.78. The summed E-state index contributed by atoms with van der Waals surface area (Å²) in [6, 6.07) is 10.6. The molecule has 37 heavy (non-hydrogen) atoms. The number of ether oxygens (including phenoxy) is 3. The maximum atomic E-state index is 13.9. The first-order chi connectivity index (χ1) is 17.9. The van der Waals surface area contributed by atoms with Gasteiger partial charge in [-0.05, 0) is 48.0 Å². The molecule has 2 aromatic heterocycles.